The summed E-state index contributed by atoms with van der Waals surface area (Å²) in [5, 5.41) is 0. The van der Waals surface area contributed by atoms with Crippen LogP contribution in [0, 0.1) is 18.8 Å². The van der Waals surface area contributed by atoms with Gasteiger partial charge in [-0.3, -0.25) is 0 Å². The van der Waals surface area contributed by atoms with Crippen LogP contribution < -0.4 is 0 Å². The molecule has 0 aliphatic carbocycles. The van der Waals surface area contributed by atoms with Crippen molar-refractivity contribution in [1.29, 1.82) is 0 Å². The second-order valence-electron chi connectivity index (χ2n) is 3.63. The summed E-state index contributed by atoms with van der Waals surface area (Å²) in [6, 6.07) is 8.10. The van der Waals surface area contributed by atoms with E-state index in [1.807, 2.05) is 24.3 Å². The minimum absolute atomic E-state index is 0.323. The van der Waals surface area contributed by atoms with Gasteiger partial charge in [-0.2, -0.15) is 0 Å². The highest BCUT2D eigenvalue weighted by Gasteiger charge is 1.88. The van der Waals surface area contributed by atoms with Gasteiger partial charge in [0.15, 0.2) is 0 Å². The Balaban J connectivity index is 2.34. The van der Waals surface area contributed by atoms with Gasteiger partial charge in [-0.15, -0.1) is 0 Å². The summed E-state index contributed by atoms with van der Waals surface area (Å²) >= 11 is 0. The fraction of sp³-hybridized carbons (Fsp3) is 0.267. The average molecular weight is 228 g/mol. The summed E-state index contributed by atoms with van der Waals surface area (Å²) in [4.78, 5) is 10.8. The van der Waals surface area contributed by atoms with E-state index in [2.05, 4.69) is 23.5 Å². The molecule has 0 N–H and O–H groups in total. The Bertz CT molecular complexity index is 444. The third-order valence-corrected chi connectivity index (χ3v) is 2.18. The van der Waals surface area contributed by atoms with Crippen LogP contribution in [-0.4, -0.2) is 13.1 Å². The molecule has 0 radical (unpaired) electrons. The summed E-state index contributed by atoms with van der Waals surface area (Å²) in [7, 11) is 1.36. The first-order valence-corrected chi connectivity index (χ1v) is 5.52. The number of aryl methyl sites for hydroxylation is 1. The van der Waals surface area contributed by atoms with E-state index < -0.39 is 0 Å². The molecule has 0 unspecified atom stereocenters. The number of hydrogen-bond donors (Lipinski definition) is 0. The first-order valence-electron chi connectivity index (χ1n) is 5.52. The molecule has 88 valence electrons. The molecule has 0 fully saturated rings. The predicted octanol–water partition coefficient (Wildman–Crippen LogP) is 2.86. The lowest BCUT2D eigenvalue weighted by Crippen LogP contribution is -1.93. The fourth-order valence-electron chi connectivity index (χ4n) is 1.20. The van der Waals surface area contributed by atoms with E-state index in [9.17, 15) is 4.79 Å². The number of unbranched alkanes of at least 4 members (excludes halogenated alkanes) is 1. The summed E-state index contributed by atoms with van der Waals surface area (Å²) in [6.07, 6.45) is 4.69. The minimum Gasteiger partial charge on any atom is -0.466 e. The van der Waals surface area contributed by atoms with Gasteiger partial charge in [0.1, 0.15) is 0 Å². The molecule has 1 rings (SSSR count). The zero-order valence-corrected chi connectivity index (χ0v) is 10.2. The number of carbonyl (C=O) groups excluding carboxylic acids is 1. The van der Waals surface area contributed by atoms with Crippen LogP contribution in [0.1, 0.15) is 24.0 Å². The van der Waals surface area contributed by atoms with Crippen LogP contribution in [0.2, 0.25) is 0 Å². The smallest absolute Gasteiger partial charge is 0.330 e. The number of carbonyl (C=O) groups is 1. The van der Waals surface area contributed by atoms with Gasteiger partial charge in [0.2, 0.25) is 0 Å². The molecule has 2 nitrogen and oxygen atoms in total. The Kier molecular flexibility index (Phi) is 5.60. The van der Waals surface area contributed by atoms with Crippen LogP contribution in [0.3, 0.4) is 0 Å². The Labute approximate surface area is 102 Å². The third kappa shape index (κ3) is 5.58. The Morgan fingerprint density at radius 3 is 2.71 bits per heavy atom. The van der Waals surface area contributed by atoms with Gasteiger partial charge in [0, 0.05) is 18.1 Å². The van der Waals surface area contributed by atoms with E-state index >= 15 is 0 Å². The highest BCUT2D eigenvalue weighted by molar-refractivity contribution is 5.81. The van der Waals surface area contributed by atoms with E-state index in [0.29, 0.717) is 0 Å². The van der Waals surface area contributed by atoms with E-state index in [4.69, 9.17) is 0 Å². The molecule has 2 heteroatoms. The number of methoxy groups -OCH3 is 1. The number of benzene rings is 1. The molecule has 1 aromatic carbocycles. The van der Waals surface area contributed by atoms with Crippen molar-refractivity contribution in [2.45, 2.75) is 19.8 Å². The zero-order valence-electron chi connectivity index (χ0n) is 10.2. The van der Waals surface area contributed by atoms with Gasteiger partial charge in [-0.25, -0.2) is 4.79 Å². The van der Waals surface area contributed by atoms with Crippen LogP contribution in [0.25, 0.3) is 0 Å². The molecule has 0 bridgehead atoms. The van der Waals surface area contributed by atoms with E-state index in [1.165, 1.54) is 18.7 Å². The minimum atomic E-state index is -0.323. The lowest BCUT2D eigenvalue weighted by molar-refractivity contribution is -0.134. The number of rotatable bonds is 3. The first kappa shape index (κ1) is 13.1. The van der Waals surface area contributed by atoms with Crippen molar-refractivity contribution in [2.24, 2.45) is 0 Å². The summed E-state index contributed by atoms with van der Waals surface area (Å²) in [5.41, 5.74) is 2.25. The molecule has 0 aliphatic rings. The van der Waals surface area contributed by atoms with Crippen molar-refractivity contribution < 1.29 is 9.53 Å². The molecule has 0 heterocycles. The van der Waals surface area contributed by atoms with Gasteiger partial charge in [0.05, 0.1) is 7.11 Å². The summed E-state index contributed by atoms with van der Waals surface area (Å²) < 4.78 is 4.48. The van der Waals surface area contributed by atoms with Crippen molar-refractivity contribution in [3.8, 4) is 11.8 Å². The van der Waals surface area contributed by atoms with Crippen LogP contribution >= 0.6 is 0 Å². The van der Waals surface area contributed by atoms with Crippen LogP contribution in [0.15, 0.2) is 36.4 Å². The fourth-order valence-corrected chi connectivity index (χ4v) is 1.20. The maximum absolute atomic E-state index is 10.8. The largest absolute Gasteiger partial charge is 0.466 e. The number of allylic oxidation sites excluding steroid dienone is 1. The highest BCUT2D eigenvalue weighted by atomic mass is 16.5. The van der Waals surface area contributed by atoms with E-state index in [1.54, 1.807) is 6.08 Å². The average Bonchev–Trinajstić information content (AvgIpc) is 2.35. The standard InChI is InChI=1S/C15H16O2/c1-13-9-11-14(12-10-13)7-5-3-4-6-8-15(16)17-2/h6,8-12H,3-4H2,1-2H3/b8-6-. The normalized spacial score (nSPS) is 9.76. The van der Waals surface area contributed by atoms with Crippen LogP contribution in [0.5, 0.6) is 0 Å². The van der Waals surface area contributed by atoms with Gasteiger partial charge in [-0.05, 0) is 25.5 Å². The van der Waals surface area contributed by atoms with Crippen molar-refractivity contribution in [3.05, 3.63) is 47.5 Å². The Morgan fingerprint density at radius 2 is 2.06 bits per heavy atom. The molecular weight excluding hydrogens is 212 g/mol. The quantitative estimate of drug-likeness (QED) is 0.344. The lowest BCUT2D eigenvalue weighted by atomic mass is 10.1. The van der Waals surface area contributed by atoms with Crippen molar-refractivity contribution in [2.75, 3.05) is 7.11 Å². The van der Waals surface area contributed by atoms with Crippen LogP contribution in [0.4, 0.5) is 0 Å². The molecule has 0 saturated carbocycles. The van der Waals surface area contributed by atoms with Gasteiger partial charge < -0.3 is 4.74 Å². The summed E-state index contributed by atoms with van der Waals surface area (Å²) in [5.74, 6) is 5.81. The Morgan fingerprint density at radius 1 is 1.35 bits per heavy atom. The van der Waals surface area contributed by atoms with E-state index in [-0.39, 0.29) is 5.97 Å². The molecule has 0 saturated heterocycles. The topological polar surface area (TPSA) is 26.3 Å². The molecule has 0 aromatic heterocycles. The second-order valence-corrected chi connectivity index (χ2v) is 3.63. The monoisotopic (exact) mass is 228 g/mol. The van der Waals surface area contributed by atoms with Crippen molar-refractivity contribution >= 4 is 5.97 Å². The van der Waals surface area contributed by atoms with Gasteiger partial charge in [-0.1, -0.05) is 35.6 Å². The maximum atomic E-state index is 10.8. The number of ether oxygens (including phenoxy) is 1. The van der Waals surface area contributed by atoms with E-state index in [0.717, 1.165) is 18.4 Å². The molecule has 0 atom stereocenters. The predicted molar refractivity (Wildman–Crippen MR) is 68.4 cm³/mol. The van der Waals surface area contributed by atoms with Gasteiger partial charge in [0.25, 0.3) is 0 Å². The third-order valence-electron chi connectivity index (χ3n) is 2.18. The van der Waals surface area contributed by atoms with Crippen molar-refractivity contribution in [1.82, 2.24) is 0 Å². The first-order chi connectivity index (χ1) is 8.22. The molecule has 17 heavy (non-hydrogen) atoms. The van der Waals surface area contributed by atoms with Gasteiger partial charge >= 0.3 is 5.97 Å². The second kappa shape index (κ2) is 7.29. The SMILES string of the molecule is COC(=O)/C=C\CCC#Cc1ccc(C)cc1. The number of hydrogen-bond acceptors (Lipinski definition) is 2. The molecule has 0 spiro atoms. The summed E-state index contributed by atoms with van der Waals surface area (Å²) in [6.45, 7) is 2.05. The molecule has 0 amide bonds. The van der Waals surface area contributed by atoms with Crippen LogP contribution in [-0.2, 0) is 9.53 Å². The molecular formula is C15H16O2. The molecule has 0 aliphatic heterocycles. The van der Waals surface area contributed by atoms with Crippen molar-refractivity contribution in [3.63, 3.8) is 0 Å². The Hall–Kier alpha value is -2.01. The molecule has 1 aromatic rings. The maximum Gasteiger partial charge on any atom is 0.330 e. The zero-order chi connectivity index (χ0) is 12.5. The number of esters is 1. The lowest BCUT2D eigenvalue weighted by Gasteiger charge is -1.91. The highest BCUT2D eigenvalue weighted by Crippen LogP contribution is 2.01.